The van der Waals surface area contributed by atoms with E-state index in [9.17, 15) is 4.79 Å². The van der Waals surface area contributed by atoms with E-state index in [1.54, 1.807) is 0 Å². The van der Waals surface area contributed by atoms with Crippen LogP contribution in [0.1, 0.15) is 18.2 Å². The third-order valence-electron chi connectivity index (χ3n) is 2.58. The van der Waals surface area contributed by atoms with Crippen molar-refractivity contribution in [3.8, 4) is 0 Å². The standard InChI is InChI=1S/C12H13NO2/c1-2-8-9-5-3-4-6-10(9)13-11(8)7-12(14)15/h3-6,13H,2,7H2,1H3,(H,14,15). The number of carboxylic acid groups (broad SMARTS) is 1. The molecule has 0 amide bonds. The summed E-state index contributed by atoms with van der Waals surface area (Å²) < 4.78 is 0. The Morgan fingerprint density at radius 1 is 1.40 bits per heavy atom. The summed E-state index contributed by atoms with van der Waals surface area (Å²) >= 11 is 0. The average molecular weight is 203 g/mol. The van der Waals surface area contributed by atoms with E-state index in [1.165, 1.54) is 0 Å². The molecule has 0 bridgehead atoms. The van der Waals surface area contributed by atoms with Gasteiger partial charge in [0.05, 0.1) is 6.42 Å². The molecule has 3 nitrogen and oxygen atoms in total. The second-order valence-corrected chi connectivity index (χ2v) is 3.55. The minimum Gasteiger partial charge on any atom is -0.481 e. The first-order chi connectivity index (χ1) is 7.22. The van der Waals surface area contributed by atoms with Gasteiger partial charge in [-0.15, -0.1) is 0 Å². The fourth-order valence-corrected chi connectivity index (χ4v) is 1.96. The molecule has 2 aromatic rings. The summed E-state index contributed by atoms with van der Waals surface area (Å²) in [5.74, 6) is -0.795. The fraction of sp³-hybridized carbons (Fsp3) is 0.250. The molecule has 0 atom stereocenters. The topological polar surface area (TPSA) is 53.1 Å². The van der Waals surface area contributed by atoms with E-state index in [0.717, 1.165) is 28.6 Å². The van der Waals surface area contributed by atoms with Crippen LogP contribution in [0, 0.1) is 0 Å². The van der Waals surface area contributed by atoms with E-state index in [-0.39, 0.29) is 6.42 Å². The quantitative estimate of drug-likeness (QED) is 0.804. The van der Waals surface area contributed by atoms with E-state index >= 15 is 0 Å². The van der Waals surface area contributed by atoms with Crippen molar-refractivity contribution in [2.75, 3.05) is 0 Å². The highest BCUT2D eigenvalue weighted by Crippen LogP contribution is 2.23. The Hall–Kier alpha value is -1.77. The molecule has 2 rings (SSSR count). The molecule has 78 valence electrons. The molecule has 0 fully saturated rings. The highest BCUT2D eigenvalue weighted by molar-refractivity contribution is 5.86. The second kappa shape index (κ2) is 3.77. The summed E-state index contributed by atoms with van der Waals surface area (Å²) in [6.07, 6.45) is 0.921. The van der Waals surface area contributed by atoms with Gasteiger partial charge in [0.25, 0.3) is 0 Å². The predicted octanol–water partition coefficient (Wildman–Crippen LogP) is 2.36. The highest BCUT2D eigenvalue weighted by atomic mass is 16.4. The zero-order valence-electron chi connectivity index (χ0n) is 8.58. The molecule has 1 aromatic carbocycles. The molecule has 0 spiro atoms. The number of hydrogen-bond acceptors (Lipinski definition) is 1. The molecule has 0 aliphatic heterocycles. The van der Waals surface area contributed by atoms with E-state index in [4.69, 9.17) is 5.11 Å². The van der Waals surface area contributed by atoms with Crippen molar-refractivity contribution < 1.29 is 9.90 Å². The van der Waals surface area contributed by atoms with Crippen LogP contribution in [0.3, 0.4) is 0 Å². The number of carbonyl (C=O) groups is 1. The predicted molar refractivity (Wildman–Crippen MR) is 59.0 cm³/mol. The number of aliphatic carboxylic acids is 1. The maximum absolute atomic E-state index is 10.7. The molecule has 3 heteroatoms. The number of aryl methyl sites for hydroxylation is 1. The second-order valence-electron chi connectivity index (χ2n) is 3.55. The van der Waals surface area contributed by atoms with Crippen molar-refractivity contribution in [1.82, 2.24) is 4.98 Å². The van der Waals surface area contributed by atoms with Gasteiger partial charge in [0.15, 0.2) is 0 Å². The lowest BCUT2D eigenvalue weighted by molar-refractivity contribution is -0.136. The SMILES string of the molecule is CCc1c(CC(=O)O)[nH]c2ccccc12. The number of H-pyrrole nitrogens is 1. The fourth-order valence-electron chi connectivity index (χ4n) is 1.96. The number of aromatic amines is 1. The number of rotatable bonds is 3. The van der Waals surface area contributed by atoms with Gasteiger partial charge in [-0.25, -0.2) is 0 Å². The number of fused-ring (bicyclic) bond motifs is 1. The van der Waals surface area contributed by atoms with Gasteiger partial charge in [0, 0.05) is 16.6 Å². The van der Waals surface area contributed by atoms with Crippen LogP contribution in [0.5, 0.6) is 0 Å². The summed E-state index contributed by atoms with van der Waals surface area (Å²) in [5, 5.41) is 9.93. The van der Waals surface area contributed by atoms with Crippen molar-refractivity contribution in [1.29, 1.82) is 0 Å². The number of carboxylic acids is 1. The van der Waals surface area contributed by atoms with Gasteiger partial charge in [-0.2, -0.15) is 0 Å². The van der Waals surface area contributed by atoms with Crippen LogP contribution in [0.2, 0.25) is 0 Å². The van der Waals surface area contributed by atoms with E-state index < -0.39 is 5.97 Å². The molecule has 2 N–H and O–H groups in total. The number of hydrogen-bond donors (Lipinski definition) is 2. The Kier molecular flexibility index (Phi) is 2.46. The minimum absolute atomic E-state index is 0.0673. The summed E-state index contributed by atoms with van der Waals surface area (Å²) in [6, 6.07) is 7.92. The summed E-state index contributed by atoms with van der Waals surface area (Å²) in [6.45, 7) is 2.04. The smallest absolute Gasteiger partial charge is 0.309 e. The normalized spacial score (nSPS) is 10.7. The summed E-state index contributed by atoms with van der Waals surface area (Å²) in [5.41, 5.74) is 2.96. The molecule has 0 aliphatic rings. The third kappa shape index (κ3) is 1.73. The lowest BCUT2D eigenvalue weighted by Gasteiger charge is -1.97. The van der Waals surface area contributed by atoms with Gasteiger partial charge in [0.2, 0.25) is 0 Å². The molecule has 15 heavy (non-hydrogen) atoms. The first-order valence-corrected chi connectivity index (χ1v) is 5.02. The maximum Gasteiger partial charge on any atom is 0.309 e. The monoisotopic (exact) mass is 203 g/mol. The van der Waals surface area contributed by atoms with E-state index in [0.29, 0.717) is 0 Å². The lowest BCUT2D eigenvalue weighted by atomic mass is 10.1. The van der Waals surface area contributed by atoms with Crippen LogP contribution in [0.15, 0.2) is 24.3 Å². The molecule has 0 unspecified atom stereocenters. The Morgan fingerprint density at radius 3 is 2.80 bits per heavy atom. The Labute approximate surface area is 87.7 Å². The molecule has 0 radical (unpaired) electrons. The van der Waals surface area contributed by atoms with Gasteiger partial charge in [-0.3, -0.25) is 4.79 Å². The van der Waals surface area contributed by atoms with Gasteiger partial charge in [-0.05, 0) is 18.1 Å². The number of para-hydroxylation sites is 1. The van der Waals surface area contributed by atoms with Gasteiger partial charge in [-0.1, -0.05) is 25.1 Å². The van der Waals surface area contributed by atoms with Crippen molar-refractivity contribution in [2.45, 2.75) is 19.8 Å². The van der Waals surface area contributed by atoms with Crippen LogP contribution in [-0.4, -0.2) is 16.1 Å². The molecule has 1 heterocycles. The van der Waals surface area contributed by atoms with Crippen molar-refractivity contribution in [3.05, 3.63) is 35.5 Å². The van der Waals surface area contributed by atoms with Gasteiger partial charge in [0.1, 0.15) is 0 Å². The molecule has 0 aliphatic carbocycles. The lowest BCUT2D eigenvalue weighted by Crippen LogP contribution is -2.02. The largest absolute Gasteiger partial charge is 0.481 e. The van der Waals surface area contributed by atoms with Crippen LogP contribution >= 0.6 is 0 Å². The average Bonchev–Trinajstić information content (AvgIpc) is 2.53. The summed E-state index contributed by atoms with van der Waals surface area (Å²) in [4.78, 5) is 13.9. The van der Waals surface area contributed by atoms with Crippen LogP contribution < -0.4 is 0 Å². The number of benzene rings is 1. The van der Waals surface area contributed by atoms with Crippen LogP contribution in [0.4, 0.5) is 0 Å². The van der Waals surface area contributed by atoms with E-state index in [1.807, 2.05) is 31.2 Å². The third-order valence-corrected chi connectivity index (χ3v) is 2.58. The van der Waals surface area contributed by atoms with Gasteiger partial charge < -0.3 is 10.1 Å². The highest BCUT2D eigenvalue weighted by Gasteiger charge is 2.11. The van der Waals surface area contributed by atoms with E-state index in [2.05, 4.69) is 4.98 Å². The van der Waals surface area contributed by atoms with Crippen molar-refractivity contribution in [2.24, 2.45) is 0 Å². The van der Waals surface area contributed by atoms with Crippen LogP contribution in [0.25, 0.3) is 10.9 Å². The Bertz CT molecular complexity index is 499. The van der Waals surface area contributed by atoms with Crippen molar-refractivity contribution >= 4 is 16.9 Å². The zero-order chi connectivity index (χ0) is 10.8. The van der Waals surface area contributed by atoms with Gasteiger partial charge >= 0.3 is 5.97 Å². The molecule has 0 saturated carbocycles. The van der Waals surface area contributed by atoms with Crippen molar-refractivity contribution in [3.63, 3.8) is 0 Å². The van der Waals surface area contributed by atoms with Crippen LogP contribution in [-0.2, 0) is 17.6 Å². The summed E-state index contributed by atoms with van der Waals surface area (Å²) in [7, 11) is 0. The first kappa shape index (κ1) is 9.77. The first-order valence-electron chi connectivity index (χ1n) is 5.02. The molecular formula is C12H13NO2. The minimum atomic E-state index is -0.795. The molecule has 1 aromatic heterocycles. The Morgan fingerprint density at radius 2 is 2.13 bits per heavy atom. The number of nitrogens with one attached hydrogen (secondary N) is 1. The maximum atomic E-state index is 10.7. The number of aromatic nitrogens is 1. The molecule has 0 saturated heterocycles. The molecular weight excluding hydrogens is 190 g/mol. The zero-order valence-corrected chi connectivity index (χ0v) is 8.58. The Balaban J connectivity index is 2.58.